The Morgan fingerprint density at radius 3 is 2.23 bits per heavy atom. The predicted octanol–water partition coefficient (Wildman–Crippen LogP) is 1.16. The summed E-state index contributed by atoms with van der Waals surface area (Å²) >= 11 is 0. The van der Waals surface area contributed by atoms with Crippen LogP contribution < -0.4 is 10.1 Å². The second-order valence-corrected chi connectivity index (χ2v) is 6.20. The molecule has 0 saturated heterocycles. The van der Waals surface area contributed by atoms with Gasteiger partial charge in [0.25, 0.3) is 10.0 Å². The summed E-state index contributed by atoms with van der Waals surface area (Å²) in [7, 11) is -3.84. The quantitative estimate of drug-likeness (QED) is 0.512. The van der Waals surface area contributed by atoms with Crippen LogP contribution in [-0.2, 0) is 19.6 Å². The van der Waals surface area contributed by atoms with Crippen LogP contribution in [-0.4, -0.2) is 31.1 Å². The number of carboxylic acid groups (broad SMARTS) is 1. The lowest BCUT2D eigenvalue weighted by Gasteiger charge is -2.06. The SMILES string of the molecule is CC(=O)Nc1ccc(S(=O)(=O)N/N=C(/C)CCC(=O)O)cc1. The third-order valence-corrected chi connectivity index (χ3v) is 3.77. The molecule has 3 N–H and O–H groups in total. The van der Waals surface area contributed by atoms with Gasteiger partial charge in [-0.3, -0.25) is 9.59 Å². The molecule has 0 saturated carbocycles. The fourth-order valence-electron chi connectivity index (χ4n) is 1.46. The Balaban J connectivity index is 2.75. The maximum atomic E-state index is 12.0. The number of aliphatic carboxylic acids is 1. The number of benzene rings is 1. The number of anilines is 1. The minimum absolute atomic E-state index is 0.0172. The molecule has 0 bridgehead atoms. The molecule has 0 heterocycles. The number of rotatable bonds is 7. The van der Waals surface area contributed by atoms with Gasteiger partial charge in [-0.05, 0) is 37.6 Å². The van der Waals surface area contributed by atoms with Crippen LogP contribution in [0.2, 0.25) is 0 Å². The maximum Gasteiger partial charge on any atom is 0.303 e. The smallest absolute Gasteiger partial charge is 0.303 e. The van der Waals surface area contributed by atoms with E-state index in [9.17, 15) is 18.0 Å². The van der Waals surface area contributed by atoms with Gasteiger partial charge >= 0.3 is 5.97 Å². The molecular formula is C13H17N3O5S. The molecule has 9 heteroatoms. The summed E-state index contributed by atoms with van der Waals surface area (Å²) < 4.78 is 24.0. The number of carbonyl (C=O) groups is 2. The summed E-state index contributed by atoms with van der Waals surface area (Å²) in [6.45, 7) is 2.88. The molecule has 0 aliphatic carbocycles. The zero-order valence-electron chi connectivity index (χ0n) is 12.2. The van der Waals surface area contributed by atoms with E-state index >= 15 is 0 Å². The Morgan fingerprint density at radius 2 is 1.73 bits per heavy atom. The first-order valence-corrected chi connectivity index (χ1v) is 7.83. The van der Waals surface area contributed by atoms with Gasteiger partial charge in [0.2, 0.25) is 5.91 Å². The van der Waals surface area contributed by atoms with Crippen LogP contribution in [0.4, 0.5) is 5.69 Å². The first-order chi connectivity index (χ1) is 10.2. The van der Waals surface area contributed by atoms with Crippen molar-refractivity contribution in [2.75, 3.05) is 5.32 Å². The highest BCUT2D eigenvalue weighted by molar-refractivity contribution is 7.89. The van der Waals surface area contributed by atoms with Crippen LogP contribution in [0.5, 0.6) is 0 Å². The molecule has 0 unspecified atom stereocenters. The van der Waals surface area contributed by atoms with E-state index in [-0.39, 0.29) is 23.6 Å². The molecule has 0 aliphatic heterocycles. The maximum absolute atomic E-state index is 12.0. The van der Waals surface area contributed by atoms with Crippen molar-refractivity contribution >= 4 is 33.3 Å². The van der Waals surface area contributed by atoms with Crippen molar-refractivity contribution in [2.45, 2.75) is 31.6 Å². The first-order valence-electron chi connectivity index (χ1n) is 6.35. The molecule has 0 atom stereocenters. The van der Waals surface area contributed by atoms with Gasteiger partial charge in [-0.1, -0.05) is 0 Å². The molecule has 120 valence electrons. The lowest BCUT2D eigenvalue weighted by atomic mass is 10.2. The van der Waals surface area contributed by atoms with E-state index in [1.54, 1.807) is 0 Å². The van der Waals surface area contributed by atoms with Crippen LogP contribution in [0.15, 0.2) is 34.3 Å². The Labute approximate surface area is 128 Å². The molecular weight excluding hydrogens is 310 g/mol. The van der Waals surface area contributed by atoms with Gasteiger partial charge in [-0.25, -0.2) is 4.83 Å². The van der Waals surface area contributed by atoms with Gasteiger partial charge < -0.3 is 10.4 Å². The molecule has 22 heavy (non-hydrogen) atoms. The number of carboxylic acids is 1. The molecule has 0 fully saturated rings. The second kappa shape index (κ2) is 7.55. The molecule has 0 spiro atoms. The Kier molecular flexibility index (Phi) is 6.05. The number of hydrogen-bond acceptors (Lipinski definition) is 5. The molecule has 1 aromatic rings. The van der Waals surface area contributed by atoms with Crippen molar-refractivity contribution in [1.82, 2.24) is 4.83 Å². The minimum Gasteiger partial charge on any atom is -0.481 e. The van der Waals surface area contributed by atoms with Crippen LogP contribution in [0.3, 0.4) is 0 Å². The highest BCUT2D eigenvalue weighted by Gasteiger charge is 2.13. The van der Waals surface area contributed by atoms with Gasteiger partial charge in [0, 0.05) is 18.3 Å². The van der Waals surface area contributed by atoms with E-state index in [1.807, 2.05) is 4.83 Å². The molecule has 0 aliphatic rings. The summed E-state index contributed by atoms with van der Waals surface area (Å²) in [4.78, 5) is 23.3. The summed E-state index contributed by atoms with van der Waals surface area (Å²) in [6.07, 6.45) is 0.0296. The van der Waals surface area contributed by atoms with Crippen molar-refractivity contribution in [3.63, 3.8) is 0 Å². The van der Waals surface area contributed by atoms with E-state index in [0.29, 0.717) is 11.4 Å². The second-order valence-electron chi connectivity index (χ2n) is 4.54. The van der Waals surface area contributed by atoms with Crippen molar-refractivity contribution < 1.29 is 23.1 Å². The van der Waals surface area contributed by atoms with Gasteiger partial charge in [0.1, 0.15) is 0 Å². The summed E-state index contributed by atoms with van der Waals surface area (Å²) in [5, 5.41) is 14.7. The average molecular weight is 327 g/mol. The predicted molar refractivity (Wildman–Crippen MR) is 81.0 cm³/mol. The van der Waals surface area contributed by atoms with Gasteiger partial charge in [-0.15, -0.1) is 0 Å². The monoisotopic (exact) mass is 327 g/mol. The topological polar surface area (TPSA) is 125 Å². The van der Waals surface area contributed by atoms with Crippen LogP contribution in [0, 0.1) is 0 Å². The molecule has 1 amide bonds. The normalized spacial score (nSPS) is 11.8. The number of amides is 1. The van der Waals surface area contributed by atoms with Crippen LogP contribution in [0.1, 0.15) is 26.7 Å². The number of nitrogens with zero attached hydrogens (tertiary/aromatic N) is 1. The van der Waals surface area contributed by atoms with Crippen molar-refractivity contribution in [3.8, 4) is 0 Å². The summed E-state index contributed by atoms with van der Waals surface area (Å²) in [5.41, 5.74) is 0.841. The van der Waals surface area contributed by atoms with E-state index in [0.717, 1.165) is 0 Å². The van der Waals surface area contributed by atoms with Gasteiger partial charge in [-0.2, -0.15) is 13.5 Å². The molecule has 0 aromatic heterocycles. The Bertz CT molecular complexity index is 680. The highest BCUT2D eigenvalue weighted by atomic mass is 32.2. The number of sulfonamides is 1. The first kappa shape index (κ1) is 17.6. The lowest BCUT2D eigenvalue weighted by Crippen LogP contribution is -2.20. The zero-order chi connectivity index (χ0) is 16.8. The molecule has 8 nitrogen and oxygen atoms in total. The number of carbonyl (C=O) groups excluding carboxylic acids is 1. The fraction of sp³-hybridized carbons (Fsp3) is 0.308. The average Bonchev–Trinajstić information content (AvgIpc) is 2.43. The molecule has 1 aromatic carbocycles. The van der Waals surface area contributed by atoms with Gasteiger partial charge in [0.05, 0.1) is 11.3 Å². The lowest BCUT2D eigenvalue weighted by molar-refractivity contribution is -0.136. The van der Waals surface area contributed by atoms with Crippen molar-refractivity contribution in [3.05, 3.63) is 24.3 Å². The standard InChI is InChI=1S/C13H17N3O5S/c1-9(3-8-13(18)19)15-16-22(20,21)12-6-4-11(5-7-12)14-10(2)17/h4-7,16H,3,8H2,1-2H3,(H,14,17)(H,18,19)/b15-9-. The third-order valence-electron chi connectivity index (χ3n) is 2.54. The largest absolute Gasteiger partial charge is 0.481 e. The van der Waals surface area contributed by atoms with E-state index < -0.39 is 16.0 Å². The summed E-state index contributed by atoms with van der Waals surface area (Å²) in [5.74, 6) is -1.24. The fourth-order valence-corrected chi connectivity index (χ4v) is 2.33. The molecule has 1 rings (SSSR count). The van der Waals surface area contributed by atoms with Crippen molar-refractivity contribution in [2.24, 2.45) is 5.10 Å². The van der Waals surface area contributed by atoms with E-state index in [4.69, 9.17) is 5.11 Å². The van der Waals surface area contributed by atoms with Crippen LogP contribution >= 0.6 is 0 Å². The van der Waals surface area contributed by atoms with E-state index in [2.05, 4.69) is 10.4 Å². The third kappa shape index (κ3) is 5.92. The Morgan fingerprint density at radius 1 is 1.14 bits per heavy atom. The number of hydrogen-bond donors (Lipinski definition) is 3. The minimum atomic E-state index is -3.84. The van der Waals surface area contributed by atoms with Crippen molar-refractivity contribution in [1.29, 1.82) is 0 Å². The summed E-state index contributed by atoms with van der Waals surface area (Å²) in [6, 6.07) is 5.57. The van der Waals surface area contributed by atoms with E-state index in [1.165, 1.54) is 38.1 Å². The zero-order valence-corrected chi connectivity index (χ0v) is 13.0. The highest BCUT2D eigenvalue weighted by Crippen LogP contribution is 2.14. The molecule has 0 radical (unpaired) electrons. The van der Waals surface area contributed by atoms with Gasteiger partial charge in [0.15, 0.2) is 0 Å². The van der Waals surface area contributed by atoms with Crippen LogP contribution in [0.25, 0.3) is 0 Å². The number of nitrogens with one attached hydrogen (secondary N) is 2. The Hall–Kier alpha value is -2.42. The number of hydrazone groups is 1.